The summed E-state index contributed by atoms with van der Waals surface area (Å²) in [5.74, 6) is -0.830. The average molecular weight is 363 g/mol. The molecule has 1 atom stereocenters. The zero-order valence-corrected chi connectivity index (χ0v) is 14.8. The van der Waals surface area contributed by atoms with E-state index >= 15 is 0 Å². The molecule has 1 aliphatic rings. The Morgan fingerprint density at radius 3 is 2.76 bits per heavy atom. The summed E-state index contributed by atoms with van der Waals surface area (Å²) >= 11 is 0. The van der Waals surface area contributed by atoms with E-state index in [4.69, 9.17) is 0 Å². The van der Waals surface area contributed by atoms with Gasteiger partial charge in [-0.3, -0.25) is 4.79 Å². The van der Waals surface area contributed by atoms with Gasteiger partial charge in [-0.1, -0.05) is 12.2 Å². The summed E-state index contributed by atoms with van der Waals surface area (Å²) in [6.45, 7) is 3.31. The van der Waals surface area contributed by atoms with Crippen LogP contribution in [0.15, 0.2) is 35.4 Å². The minimum Gasteiger partial charge on any atom is -0.345 e. The number of halogens is 1. The fourth-order valence-electron chi connectivity index (χ4n) is 2.78. The van der Waals surface area contributed by atoms with Gasteiger partial charge in [-0.2, -0.15) is 0 Å². The third-order valence-corrected chi connectivity index (χ3v) is 5.58. The summed E-state index contributed by atoms with van der Waals surface area (Å²) < 4.78 is 42.1. The van der Waals surface area contributed by atoms with Crippen molar-refractivity contribution in [2.45, 2.75) is 24.8 Å². The molecule has 6 nitrogen and oxygen atoms in total. The molecular weight excluding hydrogens is 345 g/mol. The lowest BCUT2D eigenvalue weighted by Crippen LogP contribution is -2.30. The topological polar surface area (TPSA) is 80.2 Å². The molecule has 1 aromatic carbocycles. The van der Waals surface area contributed by atoms with E-state index < -0.39 is 15.9 Å². The Balaban J connectivity index is 2.03. The van der Waals surface area contributed by atoms with E-state index in [2.05, 4.69) is 10.0 Å². The van der Waals surface area contributed by atoms with Crippen LogP contribution in [0.3, 0.4) is 0 Å². The fraction of sp³-hybridized carbons (Fsp3) is 0.235. The maximum absolute atomic E-state index is 13.4. The highest BCUT2D eigenvalue weighted by Gasteiger charge is 2.29. The SMILES string of the molecule is Cc1cc(NC(=O)c2c3c(cn2C)S(=O)(=O)NC(C)C=C3)ccc1F. The van der Waals surface area contributed by atoms with Gasteiger partial charge in [0.05, 0.1) is 0 Å². The van der Waals surface area contributed by atoms with Crippen molar-refractivity contribution in [1.29, 1.82) is 0 Å². The number of anilines is 1. The van der Waals surface area contributed by atoms with Crippen LogP contribution in [0.1, 0.15) is 28.5 Å². The number of aromatic nitrogens is 1. The number of benzene rings is 1. The number of fused-ring (bicyclic) bond motifs is 1. The smallest absolute Gasteiger partial charge is 0.272 e. The number of nitrogens with one attached hydrogen (secondary N) is 2. The molecule has 2 aromatic rings. The number of sulfonamides is 1. The highest BCUT2D eigenvalue weighted by molar-refractivity contribution is 7.89. The van der Waals surface area contributed by atoms with Crippen LogP contribution in [0, 0.1) is 12.7 Å². The van der Waals surface area contributed by atoms with Crippen molar-refractivity contribution in [3.8, 4) is 0 Å². The first-order chi connectivity index (χ1) is 11.7. The van der Waals surface area contributed by atoms with Gasteiger partial charge in [-0.05, 0) is 37.6 Å². The number of hydrogen-bond donors (Lipinski definition) is 2. The second-order valence-electron chi connectivity index (χ2n) is 6.05. The van der Waals surface area contributed by atoms with Gasteiger partial charge >= 0.3 is 0 Å². The first-order valence-electron chi connectivity index (χ1n) is 7.66. The molecule has 0 saturated carbocycles. The molecule has 25 heavy (non-hydrogen) atoms. The van der Waals surface area contributed by atoms with Crippen LogP contribution in [-0.4, -0.2) is 24.9 Å². The lowest BCUT2D eigenvalue weighted by Gasteiger charge is -2.08. The first-order valence-corrected chi connectivity index (χ1v) is 9.14. The van der Waals surface area contributed by atoms with Crippen molar-refractivity contribution >= 4 is 27.7 Å². The van der Waals surface area contributed by atoms with Gasteiger partial charge in [0, 0.05) is 30.5 Å². The Kier molecular flexibility index (Phi) is 4.26. The van der Waals surface area contributed by atoms with Crippen LogP contribution in [0.2, 0.25) is 0 Å². The van der Waals surface area contributed by atoms with E-state index in [-0.39, 0.29) is 22.4 Å². The molecule has 1 amide bonds. The number of amides is 1. The summed E-state index contributed by atoms with van der Waals surface area (Å²) in [7, 11) is -2.11. The summed E-state index contributed by atoms with van der Waals surface area (Å²) in [6.07, 6.45) is 4.72. The molecule has 132 valence electrons. The van der Waals surface area contributed by atoms with Crippen LogP contribution in [0.25, 0.3) is 6.08 Å². The van der Waals surface area contributed by atoms with Crippen molar-refractivity contribution in [3.05, 3.63) is 53.1 Å². The second-order valence-corrected chi connectivity index (χ2v) is 7.74. The van der Waals surface area contributed by atoms with Crippen molar-refractivity contribution in [2.75, 3.05) is 5.32 Å². The molecular formula is C17H18FN3O3S. The van der Waals surface area contributed by atoms with E-state index in [0.29, 0.717) is 16.8 Å². The number of carbonyl (C=O) groups is 1. The Morgan fingerprint density at radius 2 is 2.08 bits per heavy atom. The quantitative estimate of drug-likeness (QED) is 0.860. The highest BCUT2D eigenvalue weighted by Crippen LogP contribution is 2.27. The standard InChI is InChI=1S/C17H18FN3O3S/c1-10-8-12(5-7-14(10)18)19-17(22)16-13-6-4-11(2)20-25(23,24)15(13)9-21(16)3/h4-9,11,20H,1-3H3,(H,19,22). The van der Waals surface area contributed by atoms with Crippen molar-refractivity contribution < 1.29 is 17.6 Å². The Labute approximate surface area is 145 Å². The number of rotatable bonds is 2. The zero-order valence-electron chi connectivity index (χ0n) is 14.0. The van der Waals surface area contributed by atoms with Gasteiger partial charge in [-0.25, -0.2) is 17.5 Å². The van der Waals surface area contributed by atoms with Gasteiger partial charge in [0.2, 0.25) is 10.0 Å². The molecule has 0 bridgehead atoms. The summed E-state index contributed by atoms with van der Waals surface area (Å²) in [5.41, 5.74) is 1.39. The maximum atomic E-state index is 13.4. The molecule has 1 unspecified atom stereocenters. The van der Waals surface area contributed by atoms with Crippen LogP contribution in [-0.2, 0) is 17.1 Å². The average Bonchev–Trinajstić information content (AvgIpc) is 2.81. The van der Waals surface area contributed by atoms with E-state index in [1.54, 1.807) is 33.0 Å². The number of nitrogens with zero attached hydrogens (tertiary/aromatic N) is 1. The molecule has 0 spiro atoms. The van der Waals surface area contributed by atoms with E-state index in [1.165, 1.54) is 29.0 Å². The largest absolute Gasteiger partial charge is 0.345 e. The van der Waals surface area contributed by atoms with E-state index in [1.807, 2.05) is 0 Å². The number of aryl methyl sites for hydroxylation is 2. The van der Waals surface area contributed by atoms with Crippen LogP contribution >= 0.6 is 0 Å². The third-order valence-electron chi connectivity index (χ3n) is 4.00. The zero-order chi connectivity index (χ0) is 18.4. The first kappa shape index (κ1) is 17.4. The third kappa shape index (κ3) is 3.22. The molecule has 8 heteroatoms. The van der Waals surface area contributed by atoms with E-state index in [0.717, 1.165) is 0 Å². The molecule has 1 aromatic heterocycles. The summed E-state index contributed by atoms with van der Waals surface area (Å²) in [4.78, 5) is 12.7. The monoisotopic (exact) mass is 363 g/mol. The molecule has 1 aliphatic heterocycles. The fourth-order valence-corrected chi connectivity index (χ4v) is 4.22. The lowest BCUT2D eigenvalue weighted by atomic mass is 10.1. The molecule has 0 aliphatic carbocycles. The molecule has 2 N–H and O–H groups in total. The molecule has 0 saturated heterocycles. The lowest BCUT2D eigenvalue weighted by molar-refractivity contribution is 0.101. The predicted octanol–water partition coefficient (Wildman–Crippen LogP) is 2.42. The van der Waals surface area contributed by atoms with Crippen LogP contribution in [0.4, 0.5) is 10.1 Å². The van der Waals surface area contributed by atoms with Crippen molar-refractivity contribution in [3.63, 3.8) is 0 Å². The Hall–Kier alpha value is -2.45. The Bertz CT molecular complexity index is 993. The normalized spacial score (nSPS) is 18.5. The second kappa shape index (κ2) is 6.12. The van der Waals surface area contributed by atoms with Gasteiger partial charge in [0.15, 0.2) is 0 Å². The van der Waals surface area contributed by atoms with Gasteiger partial charge < -0.3 is 9.88 Å². The molecule has 0 radical (unpaired) electrons. The minimum absolute atomic E-state index is 0.0519. The predicted molar refractivity (Wildman–Crippen MR) is 93.3 cm³/mol. The van der Waals surface area contributed by atoms with Gasteiger partial charge in [0.25, 0.3) is 5.91 Å². The highest BCUT2D eigenvalue weighted by atomic mass is 32.2. The van der Waals surface area contributed by atoms with Gasteiger partial charge in [-0.15, -0.1) is 0 Å². The molecule has 3 rings (SSSR count). The Morgan fingerprint density at radius 1 is 1.36 bits per heavy atom. The van der Waals surface area contributed by atoms with Crippen molar-refractivity contribution in [2.24, 2.45) is 7.05 Å². The van der Waals surface area contributed by atoms with Crippen LogP contribution < -0.4 is 10.0 Å². The molecule has 0 fully saturated rings. The van der Waals surface area contributed by atoms with Gasteiger partial charge in [0.1, 0.15) is 16.4 Å². The number of hydrogen-bond acceptors (Lipinski definition) is 3. The number of carbonyl (C=O) groups excluding carboxylic acids is 1. The van der Waals surface area contributed by atoms with E-state index in [9.17, 15) is 17.6 Å². The summed E-state index contributed by atoms with van der Waals surface area (Å²) in [5, 5.41) is 2.69. The maximum Gasteiger partial charge on any atom is 0.272 e. The molecule has 2 heterocycles. The summed E-state index contributed by atoms with van der Waals surface area (Å²) in [6, 6.07) is 3.87. The minimum atomic E-state index is -3.71. The van der Waals surface area contributed by atoms with Crippen molar-refractivity contribution in [1.82, 2.24) is 9.29 Å². The van der Waals surface area contributed by atoms with Crippen LogP contribution in [0.5, 0.6) is 0 Å².